The molecule has 0 spiro atoms. The van der Waals surface area contributed by atoms with Crippen molar-refractivity contribution in [3.05, 3.63) is 54.7 Å². The Morgan fingerprint density at radius 1 is 0.833 bits per heavy atom. The smallest absolute Gasteiger partial charge is 0.317 e. The van der Waals surface area contributed by atoms with Gasteiger partial charge < -0.3 is 20.1 Å². The lowest BCUT2D eigenvalue weighted by Crippen LogP contribution is -2.62. The third kappa shape index (κ3) is 4.60. The Bertz CT molecular complexity index is 849. The summed E-state index contributed by atoms with van der Waals surface area (Å²) in [5.74, 6) is 1.61. The van der Waals surface area contributed by atoms with Gasteiger partial charge >= 0.3 is 5.97 Å². The molecule has 0 saturated heterocycles. The topological polar surface area (TPSA) is 130 Å². The van der Waals surface area contributed by atoms with Crippen molar-refractivity contribution < 1.29 is 9.90 Å². The van der Waals surface area contributed by atoms with Gasteiger partial charge in [-0.15, -0.1) is 0 Å². The average molecular weight is 412 g/mol. The second-order valence-electron chi connectivity index (χ2n) is 7.76. The standard InChI is InChI=1S/C20H28N8O2/c29-19(30)15-28(14-18-25-10-11-26-18)20(4-2-1-3-5-20)27(12-16-21-6-7-22-16)13-17-23-8-9-24-17/h6-11H,1-5,12-15H2,(H,21,22)(H,23,24)(H,25,26)(H,29,30). The predicted molar refractivity (Wildman–Crippen MR) is 109 cm³/mol. The molecule has 4 N–H and O–H groups in total. The summed E-state index contributed by atoms with van der Waals surface area (Å²) in [5.41, 5.74) is -0.441. The van der Waals surface area contributed by atoms with Crippen LogP contribution in [0.4, 0.5) is 0 Å². The van der Waals surface area contributed by atoms with E-state index in [1.54, 1.807) is 24.8 Å². The molecule has 0 aromatic carbocycles. The van der Waals surface area contributed by atoms with Gasteiger partial charge in [0.15, 0.2) is 0 Å². The van der Waals surface area contributed by atoms with Crippen LogP contribution in [0.5, 0.6) is 0 Å². The van der Waals surface area contributed by atoms with Gasteiger partial charge in [-0.25, -0.2) is 15.0 Å². The quantitative estimate of drug-likeness (QED) is 0.375. The molecule has 160 valence electrons. The molecular weight excluding hydrogens is 384 g/mol. The van der Waals surface area contributed by atoms with Crippen molar-refractivity contribution in [2.24, 2.45) is 0 Å². The molecule has 1 aliphatic rings. The molecule has 1 fully saturated rings. The van der Waals surface area contributed by atoms with Gasteiger partial charge in [0.1, 0.15) is 17.5 Å². The van der Waals surface area contributed by atoms with Crippen molar-refractivity contribution in [3.63, 3.8) is 0 Å². The summed E-state index contributed by atoms with van der Waals surface area (Å²) in [6, 6.07) is 0. The van der Waals surface area contributed by atoms with Crippen LogP contribution in [0.2, 0.25) is 0 Å². The third-order valence-electron chi connectivity index (χ3n) is 5.84. The molecule has 3 aromatic rings. The van der Waals surface area contributed by atoms with E-state index >= 15 is 0 Å². The number of aromatic amines is 3. The van der Waals surface area contributed by atoms with Crippen molar-refractivity contribution in [2.45, 2.75) is 57.4 Å². The van der Waals surface area contributed by atoms with Gasteiger partial charge in [-0.1, -0.05) is 19.3 Å². The van der Waals surface area contributed by atoms with Crippen LogP contribution in [0, 0.1) is 0 Å². The van der Waals surface area contributed by atoms with Crippen molar-refractivity contribution in [1.82, 2.24) is 39.7 Å². The van der Waals surface area contributed by atoms with Crippen LogP contribution in [-0.4, -0.2) is 63.0 Å². The Kier molecular flexibility index (Phi) is 6.24. The summed E-state index contributed by atoms with van der Waals surface area (Å²) in [4.78, 5) is 38.9. The van der Waals surface area contributed by atoms with Gasteiger partial charge in [0, 0.05) is 37.2 Å². The highest BCUT2D eigenvalue weighted by Crippen LogP contribution is 2.39. The number of hydrogen-bond acceptors (Lipinski definition) is 6. The molecule has 1 aliphatic carbocycles. The van der Waals surface area contributed by atoms with Crippen LogP contribution in [-0.2, 0) is 24.4 Å². The maximum atomic E-state index is 11.9. The fourth-order valence-electron chi connectivity index (χ4n) is 4.51. The first-order valence-electron chi connectivity index (χ1n) is 10.3. The number of aliphatic carboxylic acids is 1. The summed E-state index contributed by atoms with van der Waals surface area (Å²) in [7, 11) is 0. The largest absolute Gasteiger partial charge is 0.480 e. The zero-order chi connectivity index (χ0) is 20.8. The number of hydrogen-bond donors (Lipinski definition) is 4. The Hall–Kier alpha value is -2.98. The molecule has 3 heterocycles. The van der Waals surface area contributed by atoms with Gasteiger partial charge in [0.25, 0.3) is 0 Å². The summed E-state index contributed by atoms with van der Waals surface area (Å²) in [6.45, 7) is 1.52. The van der Waals surface area contributed by atoms with Crippen LogP contribution in [0.15, 0.2) is 37.2 Å². The van der Waals surface area contributed by atoms with E-state index in [1.807, 2.05) is 12.4 Å². The summed E-state index contributed by atoms with van der Waals surface area (Å²) >= 11 is 0. The van der Waals surface area contributed by atoms with E-state index in [0.29, 0.717) is 19.6 Å². The van der Waals surface area contributed by atoms with E-state index in [9.17, 15) is 9.90 Å². The second-order valence-corrected chi connectivity index (χ2v) is 7.76. The lowest BCUT2D eigenvalue weighted by Gasteiger charge is -2.52. The summed E-state index contributed by atoms with van der Waals surface area (Å²) in [6.07, 6.45) is 15.6. The maximum Gasteiger partial charge on any atom is 0.317 e. The molecular formula is C20H28N8O2. The first-order valence-corrected chi connectivity index (χ1v) is 10.3. The molecule has 3 aromatic heterocycles. The molecule has 10 nitrogen and oxygen atoms in total. The minimum absolute atomic E-state index is 0.0620. The zero-order valence-electron chi connectivity index (χ0n) is 16.9. The molecule has 0 atom stereocenters. The van der Waals surface area contributed by atoms with Gasteiger partial charge in [0.05, 0.1) is 31.8 Å². The number of rotatable bonds is 10. The number of carbonyl (C=O) groups is 1. The van der Waals surface area contributed by atoms with E-state index in [4.69, 9.17) is 0 Å². The fourth-order valence-corrected chi connectivity index (χ4v) is 4.51. The summed E-state index contributed by atoms with van der Waals surface area (Å²) < 4.78 is 0. The molecule has 0 aliphatic heterocycles. The van der Waals surface area contributed by atoms with E-state index in [1.165, 1.54) is 0 Å². The Morgan fingerprint density at radius 2 is 1.30 bits per heavy atom. The fraction of sp³-hybridized carbons (Fsp3) is 0.500. The van der Waals surface area contributed by atoms with Crippen LogP contribution < -0.4 is 0 Å². The highest BCUT2D eigenvalue weighted by atomic mass is 16.4. The number of carboxylic acids is 1. The molecule has 0 amide bonds. The van der Waals surface area contributed by atoms with E-state index in [2.05, 4.69) is 39.7 Å². The van der Waals surface area contributed by atoms with Crippen molar-refractivity contribution in [2.75, 3.05) is 6.54 Å². The van der Waals surface area contributed by atoms with Crippen molar-refractivity contribution >= 4 is 5.97 Å². The molecule has 0 unspecified atom stereocenters. The van der Waals surface area contributed by atoms with Crippen LogP contribution >= 0.6 is 0 Å². The maximum absolute atomic E-state index is 11.9. The van der Waals surface area contributed by atoms with Crippen molar-refractivity contribution in [1.29, 1.82) is 0 Å². The first-order chi connectivity index (χ1) is 14.7. The number of nitrogens with one attached hydrogen (secondary N) is 3. The summed E-state index contributed by atoms with van der Waals surface area (Å²) in [5, 5.41) is 9.72. The highest BCUT2D eigenvalue weighted by Gasteiger charge is 2.44. The van der Waals surface area contributed by atoms with E-state index in [-0.39, 0.29) is 6.54 Å². The molecule has 4 rings (SSSR count). The molecule has 0 radical (unpaired) electrons. The predicted octanol–water partition coefficient (Wildman–Crippen LogP) is 2.11. The minimum Gasteiger partial charge on any atom is -0.480 e. The Balaban J connectivity index is 1.71. The average Bonchev–Trinajstić information content (AvgIpc) is 3.51. The van der Waals surface area contributed by atoms with E-state index < -0.39 is 11.6 Å². The molecule has 10 heteroatoms. The normalized spacial score (nSPS) is 16.3. The van der Waals surface area contributed by atoms with Crippen LogP contribution in [0.3, 0.4) is 0 Å². The van der Waals surface area contributed by atoms with Crippen LogP contribution in [0.1, 0.15) is 49.6 Å². The molecule has 0 bridgehead atoms. The number of carboxylic acid groups (broad SMARTS) is 1. The molecule has 30 heavy (non-hydrogen) atoms. The van der Waals surface area contributed by atoms with Crippen molar-refractivity contribution in [3.8, 4) is 0 Å². The van der Waals surface area contributed by atoms with E-state index in [0.717, 1.165) is 49.6 Å². The Labute approximate surface area is 174 Å². The number of imidazole rings is 3. The lowest BCUT2D eigenvalue weighted by molar-refractivity contribution is -0.149. The van der Waals surface area contributed by atoms with Gasteiger partial charge in [0.2, 0.25) is 0 Å². The third-order valence-corrected chi connectivity index (χ3v) is 5.84. The molecule has 1 saturated carbocycles. The zero-order valence-corrected chi connectivity index (χ0v) is 16.9. The van der Waals surface area contributed by atoms with Gasteiger partial charge in [-0.3, -0.25) is 14.6 Å². The van der Waals surface area contributed by atoms with Gasteiger partial charge in [-0.05, 0) is 12.8 Å². The highest BCUT2D eigenvalue weighted by molar-refractivity contribution is 5.69. The number of nitrogens with zero attached hydrogens (tertiary/aromatic N) is 5. The van der Waals surface area contributed by atoms with Gasteiger partial charge in [-0.2, -0.15) is 0 Å². The Morgan fingerprint density at radius 3 is 1.70 bits per heavy atom. The number of aromatic nitrogens is 6. The number of H-pyrrole nitrogens is 3. The first kappa shape index (κ1) is 20.3. The minimum atomic E-state index is -0.845. The van der Waals surface area contributed by atoms with Crippen LogP contribution in [0.25, 0.3) is 0 Å². The second kappa shape index (κ2) is 9.23. The lowest BCUT2D eigenvalue weighted by atomic mass is 9.85. The monoisotopic (exact) mass is 412 g/mol. The SMILES string of the molecule is O=C(O)CN(Cc1ncc[nH]1)C1(N(Cc2ncc[nH]2)Cc2ncc[nH]2)CCCCC1.